The smallest absolute Gasteiger partial charge is 0.171 e. The number of anilines is 2. The highest BCUT2D eigenvalue weighted by molar-refractivity contribution is 7.19. The Bertz CT molecular complexity index is 946. The van der Waals surface area contributed by atoms with E-state index in [-0.39, 0.29) is 0 Å². The summed E-state index contributed by atoms with van der Waals surface area (Å²) in [6, 6.07) is 10.2. The number of aromatic nitrogens is 2. The molecular weight excluding hydrogens is 362 g/mol. The molecule has 1 N–H and O–H groups in total. The summed E-state index contributed by atoms with van der Waals surface area (Å²) >= 11 is 7.60. The van der Waals surface area contributed by atoms with Gasteiger partial charge in [0.05, 0.1) is 9.21 Å². The van der Waals surface area contributed by atoms with Crippen LogP contribution in [0.2, 0.25) is 4.34 Å². The van der Waals surface area contributed by atoms with Gasteiger partial charge in [0, 0.05) is 16.9 Å². The van der Waals surface area contributed by atoms with Gasteiger partial charge in [-0.05, 0) is 50.5 Å². The summed E-state index contributed by atoms with van der Waals surface area (Å²) in [7, 11) is 0. The number of halogens is 1. The van der Waals surface area contributed by atoms with E-state index in [0.29, 0.717) is 5.82 Å². The number of allylic oxidation sites excluding steroid dienone is 1. The molecule has 0 radical (unpaired) electrons. The molecule has 0 unspecified atom stereocenters. The molecule has 3 rings (SSSR count). The first kappa shape index (κ1) is 18.6. The summed E-state index contributed by atoms with van der Waals surface area (Å²) in [5.74, 6) is 1.54. The predicted molar refractivity (Wildman–Crippen MR) is 113 cm³/mol. The number of nitrogens with zero attached hydrogens (tertiary/aromatic N) is 2. The lowest BCUT2D eigenvalue weighted by molar-refractivity contribution is 0.962. The Kier molecular flexibility index (Phi) is 5.74. The molecule has 0 aliphatic rings. The van der Waals surface area contributed by atoms with Crippen LogP contribution in [0.25, 0.3) is 10.7 Å². The predicted octanol–water partition coefficient (Wildman–Crippen LogP) is 6.51. The summed E-state index contributed by atoms with van der Waals surface area (Å²) in [4.78, 5) is 10.6. The topological polar surface area (TPSA) is 37.8 Å². The Morgan fingerprint density at radius 1 is 1.19 bits per heavy atom. The maximum absolute atomic E-state index is 6.10. The Hall–Kier alpha value is -2.17. The average Bonchev–Trinajstić information content (AvgIpc) is 3.05. The first-order valence-corrected chi connectivity index (χ1v) is 9.82. The highest BCUT2D eigenvalue weighted by Gasteiger charge is 2.15. The largest absolute Gasteiger partial charge is 0.340 e. The van der Waals surface area contributed by atoms with E-state index >= 15 is 0 Å². The molecule has 0 fully saturated rings. The molecule has 26 heavy (non-hydrogen) atoms. The number of thiophene rings is 1. The van der Waals surface area contributed by atoms with Crippen molar-refractivity contribution in [3.05, 3.63) is 69.7 Å². The van der Waals surface area contributed by atoms with Gasteiger partial charge in [0.25, 0.3) is 0 Å². The quantitative estimate of drug-likeness (QED) is 0.493. The van der Waals surface area contributed by atoms with Crippen molar-refractivity contribution in [3.63, 3.8) is 0 Å². The second-order valence-corrected chi connectivity index (χ2v) is 7.93. The lowest BCUT2D eigenvalue weighted by Crippen LogP contribution is -2.07. The van der Waals surface area contributed by atoms with Gasteiger partial charge in [-0.2, -0.15) is 0 Å². The Balaban J connectivity index is 2.12. The van der Waals surface area contributed by atoms with Gasteiger partial charge >= 0.3 is 0 Å². The van der Waals surface area contributed by atoms with Gasteiger partial charge in [-0.15, -0.1) is 17.9 Å². The number of benzene rings is 1. The van der Waals surface area contributed by atoms with Crippen molar-refractivity contribution in [3.8, 4) is 10.7 Å². The van der Waals surface area contributed by atoms with Gasteiger partial charge in [0.2, 0.25) is 0 Å². The standard InChI is InChI=1S/C21H22ClN3S/c1-5-7-15-16(6-2)23-21(18-10-11-19(22)26-18)25-20(15)24-17-9-8-13(3)12-14(17)4/h5,8-12H,1,6-7H2,2-4H3,(H,23,24,25). The monoisotopic (exact) mass is 383 g/mol. The SMILES string of the molecule is C=CCc1c(CC)nc(-c2ccc(Cl)s2)nc1Nc1ccc(C)cc1C. The molecule has 2 heterocycles. The van der Waals surface area contributed by atoms with Crippen LogP contribution in [0.1, 0.15) is 29.3 Å². The molecule has 3 nitrogen and oxygen atoms in total. The van der Waals surface area contributed by atoms with E-state index in [9.17, 15) is 0 Å². The van der Waals surface area contributed by atoms with Gasteiger partial charge < -0.3 is 5.32 Å². The zero-order chi connectivity index (χ0) is 18.7. The first-order valence-electron chi connectivity index (χ1n) is 8.62. The summed E-state index contributed by atoms with van der Waals surface area (Å²) in [5, 5.41) is 3.52. The van der Waals surface area contributed by atoms with E-state index < -0.39 is 0 Å². The fourth-order valence-corrected chi connectivity index (χ4v) is 3.89. The number of aryl methyl sites for hydroxylation is 3. The maximum atomic E-state index is 6.10. The zero-order valence-corrected chi connectivity index (χ0v) is 16.8. The maximum Gasteiger partial charge on any atom is 0.171 e. The van der Waals surface area contributed by atoms with Crippen LogP contribution >= 0.6 is 22.9 Å². The van der Waals surface area contributed by atoms with Crippen LogP contribution in [0.3, 0.4) is 0 Å². The highest BCUT2D eigenvalue weighted by atomic mass is 35.5. The van der Waals surface area contributed by atoms with Crippen molar-refractivity contribution >= 4 is 34.4 Å². The molecule has 0 aliphatic carbocycles. The molecule has 0 aliphatic heterocycles. The number of rotatable bonds is 6. The summed E-state index contributed by atoms with van der Waals surface area (Å²) in [5.41, 5.74) is 5.61. The van der Waals surface area contributed by atoms with Crippen molar-refractivity contribution in [2.45, 2.75) is 33.6 Å². The van der Waals surface area contributed by atoms with Crippen molar-refractivity contribution < 1.29 is 0 Å². The number of hydrogen-bond donors (Lipinski definition) is 1. The van der Waals surface area contributed by atoms with Crippen LogP contribution < -0.4 is 5.32 Å². The van der Waals surface area contributed by atoms with E-state index in [4.69, 9.17) is 21.6 Å². The molecule has 3 aromatic rings. The molecule has 0 amide bonds. The van der Waals surface area contributed by atoms with Gasteiger partial charge in [0.1, 0.15) is 5.82 Å². The molecule has 5 heteroatoms. The minimum atomic E-state index is 0.707. The average molecular weight is 384 g/mol. The molecule has 134 valence electrons. The molecule has 1 aromatic carbocycles. The fourth-order valence-electron chi connectivity index (χ4n) is 2.91. The second-order valence-electron chi connectivity index (χ2n) is 6.21. The molecule has 0 spiro atoms. The Morgan fingerprint density at radius 2 is 2.00 bits per heavy atom. The van der Waals surface area contributed by atoms with E-state index in [2.05, 4.69) is 50.9 Å². The van der Waals surface area contributed by atoms with E-state index in [0.717, 1.165) is 44.8 Å². The van der Waals surface area contributed by atoms with Crippen LogP contribution in [0.15, 0.2) is 43.0 Å². The molecule has 0 bridgehead atoms. The van der Waals surface area contributed by atoms with Crippen molar-refractivity contribution in [2.75, 3.05) is 5.32 Å². The highest BCUT2D eigenvalue weighted by Crippen LogP contribution is 2.32. The number of nitrogens with one attached hydrogen (secondary N) is 1. The zero-order valence-electron chi connectivity index (χ0n) is 15.3. The Morgan fingerprint density at radius 3 is 2.62 bits per heavy atom. The fraction of sp³-hybridized carbons (Fsp3) is 0.238. The number of hydrogen-bond acceptors (Lipinski definition) is 4. The molecule has 0 saturated carbocycles. The van der Waals surface area contributed by atoms with Gasteiger partial charge in [-0.25, -0.2) is 9.97 Å². The van der Waals surface area contributed by atoms with Crippen LogP contribution in [0.5, 0.6) is 0 Å². The van der Waals surface area contributed by atoms with Crippen LogP contribution in [0.4, 0.5) is 11.5 Å². The molecule has 2 aromatic heterocycles. The Labute approximate surface area is 163 Å². The third kappa shape index (κ3) is 3.97. The normalized spacial score (nSPS) is 10.8. The first-order chi connectivity index (χ1) is 12.5. The summed E-state index contributed by atoms with van der Waals surface area (Å²) < 4.78 is 0.737. The molecular formula is C21H22ClN3S. The summed E-state index contributed by atoms with van der Waals surface area (Å²) in [6.45, 7) is 10.2. The van der Waals surface area contributed by atoms with Crippen LogP contribution in [-0.4, -0.2) is 9.97 Å². The minimum Gasteiger partial charge on any atom is -0.340 e. The van der Waals surface area contributed by atoms with E-state index in [1.165, 1.54) is 22.5 Å². The van der Waals surface area contributed by atoms with Crippen molar-refractivity contribution in [1.29, 1.82) is 0 Å². The lowest BCUT2D eigenvalue weighted by atomic mass is 10.1. The second kappa shape index (κ2) is 8.02. The van der Waals surface area contributed by atoms with E-state index in [1.807, 2.05) is 18.2 Å². The third-order valence-electron chi connectivity index (χ3n) is 4.20. The lowest BCUT2D eigenvalue weighted by Gasteiger charge is -2.16. The third-order valence-corrected chi connectivity index (χ3v) is 5.43. The van der Waals surface area contributed by atoms with Crippen molar-refractivity contribution in [1.82, 2.24) is 9.97 Å². The minimum absolute atomic E-state index is 0.707. The van der Waals surface area contributed by atoms with Crippen molar-refractivity contribution in [2.24, 2.45) is 0 Å². The van der Waals surface area contributed by atoms with Crippen LogP contribution in [0, 0.1) is 13.8 Å². The van der Waals surface area contributed by atoms with Gasteiger partial charge in [0.15, 0.2) is 5.82 Å². The molecule has 0 saturated heterocycles. The van der Waals surface area contributed by atoms with Gasteiger partial charge in [-0.3, -0.25) is 0 Å². The molecule has 0 atom stereocenters. The van der Waals surface area contributed by atoms with Gasteiger partial charge in [-0.1, -0.05) is 42.3 Å². The van der Waals surface area contributed by atoms with Crippen LogP contribution in [-0.2, 0) is 12.8 Å². The van der Waals surface area contributed by atoms with E-state index in [1.54, 1.807) is 0 Å². The summed E-state index contributed by atoms with van der Waals surface area (Å²) in [6.07, 6.45) is 3.45.